The minimum atomic E-state index is -0.264. The smallest absolute Gasteiger partial charge is 0.251 e. The zero-order valence-electron chi connectivity index (χ0n) is 14.8. The first kappa shape index (κ1) is 18.6. The molecule has 0 unspecified atom stereocenters. The quantitative estimate of drug-likeness (QED) is 0.595. The second kappa shape index (κ2) is 8.49. The predicted octanol–water partition coefficient (Wildman–Crippen LogP) is 1.77. The molecule has 0 aliphatic heterocycles. The molecule has 9 nitrogen and oxygen atoms in total. The zero-order valence-corrected chi connectivity index (χ0v) is 15.6. The Labute approximate surface area is 159 Å². The second-order valence-electron chi connectivity index (χ2n) is 5.75. The van der Waals surface area contributed by atoms with Crippen molar-refractivity contribution >= 4 is 29.3 Å². The van der Waals surface area contributed by atoms with Gasteiger partial charge >= 0.3 is 0 Å². The van der Waals surface area contributed by atoms with Crippen LogP contribution in [0, 0.1) is 6.92 Å². The lowest BCUT2D eigenvalue weighted by Crippen LogP contribution is -2.23. The van der Waals surface area contributed by atoms with E-state index in [-0.39, 0.29) is 24.1 Å². The highest BCUT2D eigenvalue weighted by molar-refractivity contribution is 7.99. The molecule has 0 aliphatic rings. The van der Waals surface area contributed by atoms with E-state index in [1.165, 1.54) is 11.8 Å². The topological polar surface area (TPSA) is 115 Å². The fourth-order valence-electron chi connectivity index (χ4n) is 2.24. The molecule has 3 rings (SSSR count). The number of aromatic nitrogens is 4. The molecule has 27 heavy (non-hydrogen) atoms. The summed E-state index contributed by atoms with van der Waals surface area (Å²) in [7, 11) is 1.81. The molecule has 0 saturated carbocycles. The van der Waals surface area contributed by atoms with Gasteiger partial charge in [0.1, 0.15) is 17.8 Å². The number of hydrogen-bond donors (Lipinski definition) is 2. The lowest BCUT2D eigenvalue weighted by atomic mass is 10.2. The number of benzene rings is 1. The summed E-state index contributed by atoms with van der Waals surface area (Å²) in [5.41, 5.74) is 1.63. The Morgan fingerprint density at radius 3 is 2.85 bits per heavy atom. The van der Waals surface area contributed by atoms with Crippen LogP contribution in [0.15, 0.2) is 46.3 Å². The van der Waals surface area contributed by atoms with Gasteiger partial charge in [0.05, 0.1) is 12.3 Å². The molecule has 0 saturated heterocycles. The van der Waals surface area contributed by atoms with Crippen LogP contribution >= 0.6 is 11.8 Å². The van der Waals surface area contributed by atoms with Crippen molar-refractivity contribution in [2.75, 3.05) is 11.1 Å². The van der Waals surface area contributed by atoms with Gasteiger partial charge in [-0.05, 0) is 25.1 Å². The van der Waals surface area contributed by atoms with E-state index in [9.17, 15) is 9.59 Å². The molecule has 2 heterocycles. The molecule has 2 aromatic heterocycles. The van der Waals surface area contributed by atoms with E-state index in [1.807, 2.05) is 7.05 Å². The number of thioether (sulfide) groups is 1. The molecule has 0 aliphatic carbocycles. The number of amides is 2. The van der Waals surface area contributed by atoms with Gasteiger partial charge in [0, 0.05) is 24.4 Å². The molecule has 3 aromatic rings. The second-order valence-corrected chi connectivity index (χ2v) is 6.70. The van der Waals surface area contributed by atoms with Crippen LogP contribution in [0.25, 0.3) is 0 Å². The van der Waals surface area contributed by atoms with Crippen LogP contribution in [0.4, 0.5) is 5.69 Å². The number of hydrogen-bond acceptors (Lipinski definition) is 7. The molecular formula is C17H18N6O3S. The average Bonchev–Trinajstić information content (AvgIpc) is 3.26. The standard InChI is InChI=1S/C17H18N6O3S/c1-11-6-14(22-26-11)8-18-16(25)12-4-3-5-13(7-12)20-15(24)9-27-17-21-19-10-23(17)2/h3-7,10H,8-9H2,1-2H3,(H,18,25)(H,20,24). The summed E-state index contributed by atoms with van der Waals surface area (Å²) in [6.45, 7) is 2.05. The summed E-state index contributed by atoms with van der Waals surface area (Å²) in [6, 6.07) is 8.48. The summed E-state index contributed by atoms with van der Waals surface area (Å²) in [6.07, 6.45) is 1.57. The Hall–Kier alpha value is -3.14. The van der Waals surface area contributed by atoms with E-state index >= 15 is 0 Å². The maximum absolute atomic E-state index is 12.3. The fraction of sp³-hybridized carbons (Fsp3) is 0.235. The number of carbonyl (C=O) groups is 2. The van der Waals surface area contributed by atoms with Crippen LogP contribution in [0.5, 0.6) is 0 Å². The van der Waals surface area contributed by atoms with E-state index in [0.29, 0.717) is 27.9 Å². The van der Waals surface area contributed by atoms with Crippen LogP contribution < -0.4 is 10.6 Å². The molecule has 0 bridgehead atoms. The largest absolute Gasteiger partial charge is 0.361 e. The molecule has 2 amide bonds. The Morgan fingerprint density at radius 1 is 1.30 bits per heavy atom. The van der Waals surface area contributed by atoms with Gasteiger partial charge in [0.25, 0.3) is 5.91 Å². The van der Waals surface area contributed by atoms with Crippen LogP contribution in [0.1, 0.15) is 21.8 Å². The van der Waals surface area contributed by atoms with Crippen LogP contribution in [-0.2, 0) is 18.4 Å². The van der Waals surface area contributed by atoms with Gasteiger partial charge in [-0.1, -0.05) is 23.0 Å². The highest BCUT2D eigenvalue weighted by Crippen LogP contribution is 2.15. The lowest BCUT2D eigenvalue weighted by Gasteiger charge is -2.08. The maximum atomic E-state index is 12.3. The zero-order chi connectivity index (χ0) is 19.2. The third kappa shape index (κ3) is 5.17. The van der Waals surface area contributed by atoms with Crippen molar-refractivity contribution in [3.05, 3.63) is 53.7 Å². The van der Waals surface area contributed by atoms with Crippen molar-refractivity contribution in [1.29, 1.82) is 0 Å². The van der Waals surface area contributed by atoms with Gasteiger partial charge in [-0.25, -0.2) is 0 Å². The summed E-state index contributed by atoms with van der Waals surface area (Å²) >= 11 is 1.28. The molecule has 0 fully saturated rings. The van der Waals surface area contributed by atoms with E-state index in [4.69, 9.17) is 4.52 Å². The predicted molar refractivity (Wildman–Crippen MR) is 99.2 cm³/mol. The van der Waals surface area contributed by atoms with Gasteiger partial charge in [0.15, 0.2) is 5.16 Å². The first-order chi connectivity index (χ1) is 13.0. The lowest BCUT2D eigenvalue weighted by molar-refractivity contribution is -0.113. The van der Waals surface area contributed by atoms with Crippen molar-refractivity contribution in [2.45, 2.75) is 18.6 Å². The van der Waals surface area contributed by atoms with Gasteiger partial charge in [-0.2, -0.15) is 0 Å². The van der Waals surface area contributed by atoms with Gasteiger partial charge in [-0.3, -0.25) is 9.59 Å². The minimum Gasteiger partial charge on any atom is -0.361 e. The molecule has 10 heteroatoms. The van der Waals surface area contributed by atoms with E-state index in [0.717, 1.165) is 0 Å². The van der Waals surface area contributed by atoms with Gasteiger partial charge in [-0.15, -0.1) is 10.2 Å². The van der Waals surface area contributed by atoms with Crippen molar-refractivity contribution in [3.63, 3.8) is 0 Å². The third-order valence-corrected chi connectivity index (χ3v) is 4.55. The number of anilines is 1. The van der Waals surface area contributed by atoms with Crippen molar-refractivity contribution in [1.82, 2.24) is 25.2 Å². The Morgan fingerprint density at radius 2 is 2.15 bits per heavy atom. The van der Waals surface area contributed by atoms with E-state index in [1.54, 1.807) is 48.1 Å². The summed E-state index contributed by atoms with van der Waals surface area (Å²) in [5.74, 6) is 0.413. The highest BCUT2D eigenvalue weighted by atomic mass is 32.2. The number of aryl methyl sites for hydroxylation is 2. The van der Waals surface area contributed by atoms with Crippen LogP contribution in [0.3, 0.4) is 0 Å². The number of carbonyl (C=O) groups excluding carboxylic acids is 2. The van der Waals surface area contributed by atoms with Crippen molar-refractivity contribution in [2.24, 2.45) is 7.05 Å². The SMILES string of the molecule is Cc1cc(CNC(=O)c2cccc(NC(=O)CSc3nncn3C)c2)no1. The average molecular weight is 386 g/mol. The third-order valence-electron chi connectivity index (χ3n) is 3.52. The Kier molecular flexibility index (Phi) is 5.87. The van der Waals surface area contributed by atoms with E-state index < -0.39 is 0 Å². The molecule has 140 valence electrons. The Bertz CT molecular complexity index is 952. The van der Waals surface area contributed by atoms with Crippen LogP contribution in [0.2, 0.25) is 0 Å². The maximum Gasteiger partial charge on any atom is 0.251 e. The first-order valence-electron chi connectivity index (χ1n) is 8.08. The van der Waals surface area contributed by atoms with Gasteiger partial charge in [0.2, 0.25) is 5.91 Å². The van der Waals surface area contributed by atoms with Crippen molar-refractivity contribution in [3.8, 4) is 0 Å². The summed E-state index contributed by atoms with van der Waals surface area (Å²) in [4.78, 5) is 24.4. The Balaban J connectivity index is 1.53. The molecule has 1 aromatic carbocycles. The first-order valence-corrected chi connectivity index (χ1v) is 9.07. The normalized spacial score (nSPS) is 10.6. The summed E-state index contributed by atoms with van der Waals surface area (Å²) < 4.78 is 6.70. The molecule has 0 spiro atoms. The van der Waals surface area contributed by atoms with Crippen LogP contribution in [-0.4, -0.2) is 37.5 Å². The van der Waals surface area contributed by atoms with Gasteiger partial charge < -0.3 is 19.7 Å². The number of nitrogens with one attached hydrogen (secondary N) is 2. The number of nitrogens with zero attached hydrogens (tertiary/aromatic N) is 4. The minimum absolute atomic E-state index is 0.189. The number of rotatable bonds is 7. The fourth-order valence-corrected chi connectivity index (χ4v) is 2.93. The highest BCUT2D eigenvalue weighted by Gasteiger charge is 2.10. The van der Waals surface area contributed by atoms with Crippen molar-refractivity contribution < 1.29 is 14.1 Å². The monoisotopic (exact) mass is 386 g/mol. The molecule has 0 radical (unpaired) electrons. The summed E-state index contributed by atoms with van der Waals surface area (Å²) in [5, 5.41) is 17.7. The van der Waals surface area contributed by atoms with E-state index in [2.05, 4.69) is 26.0 Å². The molecule has 0 atom stereocenters. The molecule has 2 N–H and O–H groups in total. The molecular weight excluding hydrogens is 368 g/mol.